The van der Waals surface area contributed by atoms with Gasteiger partial charge in [0.2, 0.25) is 10.0 Å². The molecule has 0 radical (unpaired) electrons. The molecule has 0 saturated carbocycles. The molecule has 0 bridgehead atoms. The van der Waals surface area contributed by atoms with E-state index >= 15 is 0 Å². The summed E-state index contributed by atoms with van der Waals surface area (Å²) >= 11 is 11.4. The van der Waals surface area contributed by atoms with E-state index in [0.29, 0.717) is 0 Å². The van der Waals surface area contributed by atoms with Crippen LogP contribution in [0.2, 0.25) is 10.0 Å². The van der Waals surface area contributed by atoms with Crippen molar-refractivity contribution in [3.8, 4) is 5.75 Å². The van der Waals surface area contributed by atoms with Crippen LogP contribution in [0.1, 0.15) is 6.42 Å². The van der Waals surface area contributed by atoms with Crippen molar-refractivity contribution in [1.82, 2.24) is 9.62 Å². The lowest BCUT2D eigenvalue weighted by molar-refractivity contribution is -0.174. The van der Waals surface area contributed by atoms with E-state index in [2.05, 4.69) is 0 Å². The van der Waals surface area contributed by atoms with Gasteiger partial charge in [0.1, 0.15) is 4.90 Å². The van der Waals surface area contributed by atoms with E-state index in [1.165, 1.54) is 0 Å². The number of alkyl halides is 3. The average Bonchev–Trinajstić information content (AvgIpc) is 2.90. The SMILES string of the molecule is O=C(NC1CCN(S(=O)(=O)c2cc(Cl)cc(Cl)c2O)C1)C(F)(F)F. The molecule has 24 heavy (non-hydrogen) atoms. The fourth-order valence-electron chi connectivity index (χ4n) is 2.21. The second-order valence-corrected chi connectivity index (χ2v) is 7.80. The summed E-state index contributed by atoms with van der Waals surface area (Å²) in [6, 6.07) is 1.14. The van der Waals surface area contributed by atoms with E-state index in [9.17, 15) is 31.5 Å². The first kappa shape index (κ1) is 19.1. The summed E-state index contributed by atoms with van der Waals surface area (Å²) in [5.41, 5.74) is 0. The van der Waals surface area contributed by atoms with Gasteiger partial charge in [0.15, 0.2) is 5.75 Å². The highest BCUT2D eigenvalue weighted by Crippen LogP contribution is 2.36. The molecule has 12 heteroatoms. The number of amides is 1. The zero-order chi connectivity index (χ0) is 18.3. The number of halogens is 5. The quantitative estimate of drug-likeness (QED) is 0.804. The number of hydrogen-bond donors (Lipinski definition) is 2. The molecule has 6 nitrogen and oxygen atoms in total. The van der Waals surface area contributed by atoms with Crippen LogP contribution in [0.25, 0.3) is 0 Å². The summed E-state index contributed by atoms with van der Waals surface area (Å²) in [7, 11) is -4.24. The lowest BCUT2D eigenvalue weighted by Crippen LogP contribution is -2.44. The Hall–Kier alpha value is -1.23. The monoisotopic (exact) mass is 406 g/mol. The summed E-state index contributed by atoms with van der Waals surface area (Å²) < 4.78 is 62.5. The highest BCUT2D eigenvalue weighted by molar-refractivity contribution is 7.89. The molecule has 2 N–H and O–H groups in total. The third-order valence-corrected chi connectivity index (χ3v) is 5.74. The maximum absolute atomic E-state index is 12.5. The molecule has 0 spiro atoms. The van der Waals surface area contributed by atoms with E-state index in [1.807, 2.05) is 0 Å². The first-order valence-corrected chi connectivity index (χ1v) is 8.68. The molecule has 1 aromatic carbocycles. The number of nitrogens with zero attached hydrogens (tertiary/aromatic N) is 1. The van der Waals surface area contributed by atoms with Gasteiger partial charge in [-0.1, -0.05) is 23.2 Å². The standard InChI is InChI=1S/C12H11Cl2F3N2O4S/c13-6-3-8(14)10(20)9(4-6)24(22,23)19-2-1-7(5-19)18-11(21)12(15,16)17/h3-4,7,20H,1-2,5H2,(H,18,21). The number of phenolic OH excluding ortho intramolecular Hbond substituents is 1. The van der Waals surface area contributed by atoms with Gasteiger partial charge in [-0.3, -0.25) is 4.79 Å². The molecule has 1 amide bonds. The smallest absolute Gasteiger partial charge is 0.471 e. The Balaban J connectivity index is 2.20. The lowest BCUT2D eigenvalue weighted by atomic mass is 10.2. The van der Waals surface area contributed by atoms with Gasteiger partial charge in [0.05, 0.1) is 5.02 Å². The Labute approximate surface area is 145 Å². The van der Waals surface area contributed by atoms with Crippen LogP contribution < -0.4 is 5.32 Å². The first-order chi connectivity index (χ1) is 10.9. The van der Waals surface area contributed by atoms with Crippen molar-refractivity contribution in [2.45, 2.75) is 23.5 Å². The van der Waals surface area contributed by atoms with E-state index < -0.39 is 38.8 Å². The molecule has 0 aromatic heterocycles. The van der Waals surface area contributed by atoms with E-state index in [1.54, 1.807) is 5.32 Å². The fourth-order valence-corrected chi connectivity index (χ4v) is 4.45. The van der Waals surface area contributed by atoms with Crippen molar-refractivity contribution in [1.29, 1.82) is 0 Å². The van der Waals surface area contributed by atoms with Gasteiger partial charge < -0.3 is 10.4 Å². The molecular weight excluding hydrogens is 396 g/mol. The van der Waals surface area contributed by atoms with Crippen LogP contribution in [0.4, 0.5) is 13.2 Å². The Morgan fingerprint density at radius 1 is 1.33 bits per heavy atom. The maximum atomic E-state index is 12.5. The molecule has 1 heterocycles. The largest absolute Gasteiger partial charge is 0.505 e. The topological polar surface area (TPSA) is 86.7 Å². The number of aromatic hydroxyl groups is 1. The summed E-state index contributed by atoms with van der Waals surface area (Å²) in [6.07, 6.45) is -5.05. The van der Waals surface area contributed by atoms with Gasteiger partial charge in [0.25, 0.3) is 0 Å². The summed E-state index contributed by atoms with van der Waals surface area (Å²) in [5.74, 6) is -2.84. The van der Waals surface area contributed by atoms with Crippen LogP contribution in [0, 0.1) is 0 Å². The summed E-state index contributed by atoms with van der Waals surface area (Å²) in [5, 5.41) is 11.2. The fraction of sp³-hybridized carbons (Fsp3) is 0.417. The Bertz CT molecular complexity index is 770. The van der Waals surface area contributed by atoms with E-state index in [4.69, 9.17) is 23.2 Å². The Kier molecular flexibility index (Phi) is 5.24. The van der Waals surface area contributed by atoms with Gasteiger partial charge >= 0.3 is 12.1 Å². The zero-order valence-electron chi connectivity index (χ0n) is 11.8. The predicted molar refractivity (Wildman–Crippen MR) is 79.5 cm³/mol. The molecular formula is C12H11Cl2F3N2O4S. The normalized spacial score (nSPS) is 19.5. The van der Waals surface area contributed by atoms with Crippen molar-refractivity contribution >= 4 is 39.1 Å². The van der Waals surface area contributed by atoms with Crippen molar-refractivity contribution in [3.63, 3.8) is 0 Å². The van der Waals surface area contributed by atoms with Crippen LogP contribution in [0.3, 0.4) is 0 Å². The van der Waals surface area contributed by atoms with Gasteiger partial charge in [-0.15, -0.1) is 0 Å². The molecule has 1 aromatic rings. The third-order valence-electron chi connectivity index (χ3n) is 3.35. The van der Waals surface area contributed by atoms with Crippen molar-refractivity contribution in [2.75, 3.05) is 13.1 Å². The van der Waals surface area contributed by atoms with Crippen molar-refractivity contribution < 1.29 is 31.5 Å². The highest BCUT2D eigenvalue weighted by atomic mass is 35.5. The van der Waals surface area contributed by atoms with Gasteiger partial charge in [0, 0.05) is 24.2 Å². The second-order valence-electron chi connectivity index (χ2n) is 5.05. The molecule has 1 unspecified atom stereocenters. The molecule has 1 saturated heterocycles. The maximum Gasteiger partial charge on any atom is 0.471 e. The molecule has 1 fully saturated rings. The lowest BCUT2D eigenvalue weighted by Gasteiger charge is -2.18. The minimum absolute atomic E-state index is 0.00386. The van der Waals surface area contributed by atoms with Crippen LogP contribution in [0.15, 0.2) is 17.0 Å². The van der Waals surface area contributed by atoms with Gasteiger partial charge in [-0.25, -0.2) is 8.42 Å². The van der Waals surface area contributed by atoms with Crippen LogP contribution in [-0.4, -0.2) is 49.0 Å². The van der Waals surface area contributed by atoms with Crippen LogP contribution in [-0.2, 0) is 14.8 Å². The van der Waals surface area contributed by atoms with E-state index in [0.717, 1.165) is 16.4 Å². The Morgan fingerprint density at radius 3 is 2.54 bits per heavy atom. The Morgan fingerprint density at radius 2 is 1.96 bits per heavy atom. The molecule has 1 atom stereocenters. The minimum atomic E-state index is -5.05. The van der Waals surface area contributed by atoms with Gasteiger partial charge in [-0.05, 0) is 18.6 Å². The number of sulfonamides is 1. The van der Waals surface area contributed by atoms with Gasteiger partial charge in [-0.2, -0.15) is 17.5 Å². The number of phenols is 1. The number of carbonyl (C=O) groups is 1. The van der Waals surface area contributed by atoms with E-state index in [-0.39, 0.29) is 29.6 Å². The number of rotatable bonds is 3. The predicted octanol–water partition coefficient (Wildman–Crippen LogP) is 2.14. The first-order valence-electron chi connectivity index (χ1n) is 6.49. The zero-order valence-corrected chi connectivity index (χ0v) is 14.1. The molecule has 0 aliphatic carbocycles. The number of hydrogen-bond acceptors (Lipinski definition) is 4. The second kappa shape index (κ2) is 6.58. The molecule has 1 aliphatic rings. The number of nitrogens with one attached hydrogen (secondary N) is 1. The third kappa shape index (κ3) is 3.88. The average molecular weight is 407 g/mol. The van der Waals surface area contributed by atoms with Crippen LogP contribution >= 0.6 is 23.2 Å². The van der Waals surface area contributed by atoms with Crippen molar-refractivity contribution in [2.24, 2.45) is 0 Å². The number of benzene rings is 1. The summed E-state index contributed by atoms with van der Waals surface area (Å²) in [4.78, 5) is 10.4. The summed E-state index contributed by atoms with van der Waals surface area (Å²) in [6.45, 7) is -0.498. The minimum Gasteiger partial charge on any atom is -0.505 e. The van der Waals surface area contributed by atoms with Crippen molar-refractivity contribution in [3.05, 3.63) is 22.2 Å². The molecule has 134 valence electrons. The highest BCUT2D eigenvalue weighted by Gasteiger charge is 2.42. The van der Waals surface area contributed by atoms with Crippen LogP contribution in [0.5, 0.6) is 5.75 Å². The number of carbonyl (C=O) groups excluding carboxylic acids is 1. The molecule has 1 aliphatic heterocycles. The molecule has 2 rings (SSSR count).